The number of carbonyl (C=O) groups is 1. The largest absolute Gasteiger partial charge is 0.371 e. The predicted molar refractivity (Wildman–Crippen MR) is 83.7 cm³/mol. The van der Waals surface area contributed by atoms with E-state index in [0.717, 1.165) is 18.8 Å². The number of imidazole rings is 1. The second-order valence-corrected chi connectivity index (χ2v) is 5.37. The summed E-state index contributed by atoms with van der Waals surface area (Å²) >= 11 is 0. The van der Waals surface area contributed by atoms with Gasteiger partial charge in [-0.05, 0) is 31.0 Å². The molecule has 0 spiro atoms. The highest BCUT2D eigenvalue weighted by atomic mass is 16.1. The van der Waals surface area contributed by atoms with Crippen LogP contribution in [-0.2, 0) is 0 Å². The van der Waals surface area contributed by atoms with Crippen LogP contribution in [0.5, 0.6) is 0 Å². The van der Waals surface area contributed by atoms with E-state index in [1.807, 2.05) is 18.2 Å². The van der Waals surface area contributed by atoms with Gasteiger partial charge in [0.05, 0.1) is 12.5 Å². The van der Waals surface area contributed by atoms with Gasteiger partial charge in [0, 0.05) is 24.5 Å². The van der Waals surface area contributed by atoms with Gasteiger partial charge in [-0.3, -0.25) is 4.79 Å². The monoisotopic (exact) mass is 284 g/mol. The highest BCUT2D eigenvalue weighted by Crippen LogP contribution is 2.23. The van der Waals surface area contributed by atoms with Gasteiger partial charge in [-0.1, -0.05) is 18.9 Å². The molecule has 1 aliphatic rings. The van der Waals surface area contributed by atoms with Crippen LogP contribution < -0.4 is 10.2 Å². The average Bonchev–Trinajstić information content (AvgIpc) is 2.90. The van der Waals surface area contributed by atoms with Gasteiger partial charge >= 0.3 is 0 Å². The summed E-state index contributed by atoms with van der Waals surface area (Å²) in [5.74, 6) is -0.166. The van der Waals surface area contributed by atoms with Gasteiger partial charge in [-0.2, -0.15) is 0 Å². The van der Waals surface area contributed by atoms with Crippen molar-refractivity contribution in [3.8, 4) is 0 Å². The van der Waals surface area contributed by atoms with Gasteiger partial charge in [0.2, 0.25) is 0 Å². The number of anilines is 2. The minimum Gasteiger partial charge on any atom is -0.371 e. The van der Waals surface area contributed by atoms with Gasteiger partial charge in [0.15, 0.2) is 0 Å². The van der Waals surface area contributed by atoms with Crippen molar-refractivity contribution in [2.24, 2.45) is 0 Å². The predicted octanol–water partition coefficient (Wildman–Crippen LogP) is 3.04. The van der Waals surface area contributed by atoms with Crippen LogP contribution in [0.1, 0.15) is 36.2 Å². The minimum atomic E-state index is -0.166. The molecular formula is C16H20N4O. The van der Waals surface area contributed by atoms with Gasteiger partial charge < -0.3 is 15.2 Å². The van der Waals surface area contributed by atoms with E-state index >= 15 is 0 Å². The molecule has 0 saturated carbocycles. The Kier molecular flexibility index (Phi) is 4.19. The number of aromatic amines is 1. The second kappa shape index (κ2) is 6.43. The molecule has 3 rings (SSSR count). The number of amides is 1. The van der Waals surface area contributed by atoms with E-state index in [1.54, 1.807) is 0 Å². The normalized spacial score (nSPS) is 15.5. The molecule has 5 nitrogen and oxygen atoms in total. The lowest BCUT2D eigenvalue weighted by atomic mass is 10.2. The first-order valence-electron chi connectivity index (χ1n) is 7.48. The number of rotatable bonds is 3. The molecule has 1 saturated heterocycles. The third-order valence-electron chi connectivity index (χ3n) is 3.82. The van der Waals surface area contributed by atoms with Crippen LogP contribution in [0.4, 0.5) is 11.4 Å². The van der Waals surface area contributed by atoms with Crippen LogP contribution >= 0.6 is 0 Å². The molecule has 1 aromatic heterocycles. The van der Waals surface area contributed by atoms with Crippen molar-refractivity contribution < 1.29 is 4.79 Å². The summed E-state index contributed by atoms with van der Waals surface area (Å²) < 4.78 is 0. The highest BCUT2D eigenvalue weighted by Gasteiger charge is 2.11. The molecule has 2 heterocycles. The van der Waals surface area contributed by atoms with Crippen molar-refractivity contribution in [1.29, 1.82) is 0 Å². The van der Waals surface area contributed by atoms with Crippen LogP contribution in [0.2, 0.25) is 0 Å². The molecule has 0 unspecified atom stereocenters. The molecule has 21 heavy (non-hydrogen) atoms. The van der Waals surface area contributed by atoms with Crippen molar-refractivity contribution in [1.82, 2.24) is 9.97 Å². The number of H-pyrrole nitrogens is 1. The number of hydrogen-bond acceptors (Lipinski definition) is 3. The summed E-state index contributed by atoms with van der Waals surface area (Å²) in [5.41, 5.74) is 2.46. The lowest BCUT2D eigenvalue weighted by Crippen LogP contribution is -2.24. The molecule has 5 heteroatoms. The van der Waals surface area contributed by atoms with Gasteiger partial charge in [-0.25, -0.2) is 4.98 Å². The van der Waals surface area contributed by atoms with E-state index in [2.05, 4.69) is 26.3 Å². The fourth-order valence-electron chi connectivity index (χ4n) is 2.69. The second-order valence-electron chi connectivity index (χ2n) is 5.37. The first-order chi connectivity index (χ1) is 10.3. The van der Waals surface area contributed by atoms with Crippen LogP contribution in [-0.4, -0.2) is 29.0 Å². The maximum atomic E-state index is 12.0. The maximum Gasteiger partial charge on any atom is 0.273 e. The van der Waals surface area contributed by atoms with Crippen molar-refractivity contribution >= 4 is 17.3 Å². The SMILES string of the molecule is O=C(Nc1cccc(N2CCCCCC2)c1)c1cnc[nH]1. The molecule has 1 aromatic carbocycles. The van der Waals surface area contributed by atoms with Crippen molar-refractivity contribution in [3.05, 3.63) is 42.5 Å². The van der Waals surface area contributed by atoms with Gasteiger partial charge in [0.1, 0.15) is 5.69 Å². The van der Waals surface area contributed by atoms with E-state index in [-0.39, 0.29) is 5.91 Å². The Balaban J connectivity index is 1.72. The van der Waals surface area contributed by atoms with Crippen LogP contribution in [0.15, 0.2) is 36.8 Å². The molecule has 1 aliphatic heterocycles. The lowest BCUT2D eigenvalue weighted by Gasteiger charge is -2.23. The smallest absolute Gasteiger partial charge is 0.273 e. The molecule has 2 N–H and O–H groups in total. The topological polar surface area (TPSA) is 61.0 Å². The van der Waals surface area contributed by atoms with Crippen molar-refractivity contribution in [2.75, 3.05) is 23.3 Å². The van der Waals surface area contributed by atoms with E-state index in [0.29, 0.717) is 5.69 Å². The third-order valence-corrected chi connectivity index (χ3v) is 3.82. The quantitative estimate of drug-likeness (QED) is 0.910. The fraction of sp³-hybridized carbons (Fsp3) is 0.375. The van der Waals surface area contributed by atoms with Crippen molar-refractivity contribution in [2.45, 2.75) is 25.7 Å². The number of aromatic nitrogens is 2. The van der Waals surface area contributed by atoms with E-state index < -0.39 is 0 Å². The van der Waals surface area contributed by atoms with E-state index in [9.17, 15) is 4.79 Å². The molecule has 0 bridgehead atoms. The molecule has 110 valence electrons. The standard InChI is InChI=1S/C16H20N4O/c21-16(15-11-17-12-18-15)19-13-6-5-7-14(10-13)20-8-3-1-2-4-9-20/h5-7,10-12H,1-4,8-9H2,(H,17,18)(H,19,21). The zero-order chi connectivity index (χ0) is 14.5. The summed E-state index contributed by atoms with van der Waals surface area (Å²) in [7, 11) is 0. The number of benzene rings is 1. The van der Waals surface area contributed by atoms with Gasteiger partial charge in [0.25, 0.3) is 5.91 Å². The summed E-state index contributed by atoms with van der Waals surface area (Å²) in [6.45, 7) is 2.19. The Morgan fingerprint density at radius 2 is 2.00 bits per heavy atom. The fourth-order valence-corrected chi connectivity index (χ4v) is 2.69. The Morgan fingerprint density at radius 1 is 1.19 bits per heavy atom. The third kappa shape index (κ3) is 3.42. The Morgan fingerprint density at radius 3 is 2.71 bits per heavy atom. The van der Waals surface area contributed by atoms with Crippen LogP contribution in [0.3, 0.4) is 0 Å². The molecule has 0 aliphatic carbocycles. The summed E-state index contributed by atoms with van der Waals surface area (Å²) in [5, 5.41) is 2.90. The number of hydrogen-bond donors (Lipinski definition) is 2. The number of carbonyl (C=O) groups excluding carboxylic acids is 1. The Bertz CT molecular complexity index is 586. The zero-order valence-corrected chi connectivity index (χ0v) is 12.0. The van der Waals surface area contributed by atoms with Crippen molar-refractivity contribution in [3.63, 3.8) is 0 Å². The lowest BCUT2D eigenvalue weighted by molar-refractivity contribution is 0.102. The molecular weight excluding hydrogens is 264 g/mol. The highest BCUT2D eigenvalue weighted by molar-refractivity contribution is 6.02. The number of nitrogens with zero attached hydrogens (tertiary/aromatic N) is 2. The first kappa shape index (κ1) is 13.7. The molecule has 1 fully saturated rings. The minimum absolute atomic E-state index is 0.166. The maximum absolute atomic E-state index is 12.0. The molecule has 0 atom stereocenters. The van der Waals surface area contributed by atoms with E-state index in [4.69, 9.17) is 0 Å². The first-order valence-corrected chi connectivity index (χ1v) is 7.48. The van der Waals surface area contributed by atoms with E-state index in [1.165, 1.54) is 43.9 Å². The molecule has 1 amide bonds. The summed E-state index contributed by atoms with van der Waals surface area (Å²) in [6, 6.07) is 8.05. The Hall–Kier alpha value is -2.30. The average molecular weight is 284 g/mol. The molecule has 2 aromatic rings. The molecule has 0 radical (unpaired) electrons. The van der Waals surface area contributed by atoms with Crippen LogP contribution in [0.25, 0.3) is 0 Å². The van der Waals surface area contributed by atoms with Gasteiger partial charge in [-0.15, -0.1) is 0 Å². The summed E-state index contributed by atoms with van der Waals surface area (Å²) in [6.07, 6.45) is 8.13. The number of nitrogens with one attached hydrogen (secondary N) is 2. The zero-order valence-electron chi connectivity index (χ0n) is 12.0. The Labute approximate surface area is 124 Å². The van der Waals surface area contributed by atoms with Crippen LogP contribution in [0, 0.1) is 0 Å². The summed E-state index contributed by atoms with van der Waals surface area (Å²) in [4.78, 5) is 21.1.